The summed E-state index contributed by atoms with van der Waals surface area (Å²) in [5.41, 5.74) is 4.88. The van der Waals surface area contributed by atoms with Gasteiger partial charge in [0.05, 0.1) is 0 Å². The normalized spacial score (nSPS) is 9.75. The van der Waals surface area contributed by atoms with Gasteiger partial charge in [0.15, 0.2) is 0 Å². The zero-order valence-corrected chi connectivity index (χ0v) is 7.64. The number of rotatable bonds is 7. The van der Waals surface area contributed by atoms with Gasteiger partial charge in [0.25, 0.3) is 0 Å². The minimum atomic E-state index is -0.438. The number of nitrogens with one attached hydrogen (secondary N) is 1. The molecule has 0 aliphatic carbocycles. The molecule has 0 saturated carbocycles. The molecule has 0 saturated heterocycles. The second kappa shape index (κ2) is 8.33. The molecule has 0 heterocycles. The van der Waals surface area contributed by atoms with Crippen molar-refractivity contribution in [3.63, 3.8) is 0 Å². The highest BCUT2D eigenvalue weighted by Gasteiger charge is 1.91. The molecule has 0 spiro atoms. The molecule has 0 unspecified atom stereocenters. The van der Waals surface area contributed by atoms with Crippen LogP contribution >= 0.6 is 0 Å². The van der Waals surface area contributed by atoms with E-state index in [4.69, 9.17) is 10.5 Å². The smallest absolute Gasteiger partial charge is 0.312 e. The minimum Gasteiger partial charge on any atom is -0.385 e. The topological polar surface area (TPSA) is 64.3 Å². The van der Waals surface area contributed by atoms with E-state index in [1.807, 2.05) is 0 Å². The first-order chi connectivity index (χ1) is 5.77. The number of amides is 2. The first-order valence-electron chi connectivity index (χ1n) is 4.29. The van der Waals surface area contributed by atoms with Gasteiger partial charge in [0, 0.05) is 20.3 Å². The van der Waals surface area contributed by atoms with Gasteiger partial charge in [-0.25, -0.2) is 4.79 Å². The number of carbonyl (C=O) groups excluding carboxylic acids is 1. The molecular weight excluding hydrogens is 156 g/mol. The summed E-state index contributed by atoms with van der Waals surface area (Å²) in [4.78, 5) is 10.2. The van der Waals surface area contributed by atoms with Crippen molar-refractivity contribution in [2.45, 2.75) is 25.7 Å². The van der Waals surface area contributed by atoms with Crippen molar-refractivity contribution in [2.75, 3.05) is 20.3 Å². The van der Waals surface area contributed by atoms with Crippen LogP contribution in [-0.4, -0.2) is 26.3 Å². The number of carbonyl (C=O) groups is 1. The third kappa shape index (κ3) is 9.23. The predicted molar refractivity (Wildman–Crippen MR) is 47.9 cm³/mol. The number of primary amides is 1. The summed E-state index contributed by atoms with van der Waals surface area (Å²) in [6.07, 6.45) is 4.34. The van der Waals surface area contributed by atoms with Gasteiger partial charge in [0.1, 0.15) is 0 Å². The molecular formula is C8H18N2O2. The Morgan fingerprint density at radius 2 is 2.00 bits per heavy atom. The van der Waals surface area contributed by atoms with Crippen molar-refractivity contribution < 1.29 is 9.53 Å². The molecule has 2 amide bonds. The molecule has 0 aromatic carbocycles. The Labute approximate surface area is 73.5 Å². The van der Waals surface area contributed by atoms with Crippen LogP contribution in [0.15, 0.2) is 0 Å². The molecule has 0 bridgehead atoms. The molecule has 0 aromatic heterocycles. The molecule has 0 aliphatic heterocycles. The second-order valence-electron chi connectivity index (χ2n) is 2.70. The average Bonchev–Trinajstić information content (AvgIpc) is 2.02. The Hall–Kier alpha value is -0.770. The van der Waals surface area contributed by atoms with Crippen LogP contribution in [-0.2, 0) is 4.74 Å². The number of methoxy groups -OCH3 is 1. The number of nitrogens with two attached hydrogens (primary N) is 1. The average molecular weight is 174 g/mol. The van der Waals surface area contributed by atoms with E-state index in [1.165, 1.54) is 0 Å². The zero-order valence-electron chi connectivity index (χ0n) is 7.64. The van der Waals surface area contributed by atoms with E-state index in [1.54, 1.807) is 7.11 Å². The Morgan fingerprint density at radius 3 is 2.58 bits per heavy atom. The number of urea groups is 1. The number of ether oxygens (including phenoxy) is 1. The van der Waals surface area contributed by atoms with Crippen LogP contribution in [0.25, 0.3) is 0 Å². The minimum absolute atomic E-state index is 0.438. The molecule has 0 rings (SSSR count). The molecule has 0 atom stereocenters. The fourth-order valence-electron chi connectivity index (χ4n) is 0.937. The summed E-state index contributed by atoms with van der Waals surface area (Å²) in [5.74, 6) is 0. The fraction of sp³-hybridized carbons (Fsp3) is 0.875. The van der Waals surface area contributed by atoms with Gasteiger partial charge >= 0.3 is 6.03 Å². The first kappa shape index (κ1) is 11.2. The number of unbranched alkanes of at least 4 members (excludes halogenated alkanes) is 3. The van der Waals surface area contributed by atoms with Gasteiger partial charge in [-0.2, -0.15) is 0 Å². The zero-order chi connectivity index (χ0) is 9.23. The Balaban J connectivity index is 2.86. The van der Waals surface area contributed by atoms with Crippen LogP contribution in [0.4, 0.5) is 4.79 Å². The van der Waals surface area contributed by atoms with E-state index >= 15 is 0 Å². The molecule has 0 aliphatic rings. The van der Waals surface area contributed by atoms with Crippen LogP contribution in [0.3, 0.4) is 0 Å². The largest absolute Gasteiger partial charge is 0.385 e. The monoisotopic (exact) mass is 174 g/mol. The van der Waals surface area contributed by atoms with Gasteiger partial charge in [-0.3, -0.25) is 0 Å². The lowest BCUT2D eigenvalue weighted by atomic mass is 10.2. The van der Waals surface area contributed by atoms with E-state index in [2.05, 4.69) is 5.32 Å². The van der Waals surface area contributed by atoms with Crippen LogP contribution in [0, 0.1) is 0 Å². The quantitative estimate of drug-likeness (QED) is 0.562. The highest BCUT2D eigenvalue weighted by molar-refractivity contribution is 5.71. The lowest BCUT2D eigenvalue weighted by Gasteiger charge is -2.01. The maximum atomic E-state index is 10.2. The van der Waals surface area contributed by atoms with Crippen LogP contribution in [0.1, 0.15) is 25.7 Å². The van der Waals surface area contributed by atoms with Gasteiger partial charge < -0.3 is 15.8 Å². The van der Waals surface area contributed by atoms with Crippen molar-refractivity contribution in [1.29, 1.82) is 0 Å². The number of hydrogen-bond acceptors (Lipinski definition) is 2. The lowest BCUT2D eigenvalue weighted by molar-refractivity contribution is 0.192. The lowest BCUT2D eigenvalue weighted by Crippen LogP contribution is -2.29. The molecule has 12 heavy (non-hydrogen) atoms. The van der Waals surface area contributed by atoms with E-state index in [0.717, 1.165) is 32.3 Å². The Kier molecular flexibility index (Phi) is 7.79. The van der Waals surface area contributed by atoms with E-state index in [-0.39, 0.29) is 0 Å². The predicted octanol–water partition coefficient (Wildman–Crippen LogP) is 0.862. The fourth-order valence-corrected chi connectivity index (χ4v) is 0.937. The first-order valence-corrected chi connectivity index (χ1v) is 4.29. The summed E-state index contributed by atoms with van der Waals surface area (Å²) in [6, 6.07) is -0.438. The molecule has 4 heteroatoms. The third-order valence-electron chi connectivity index (χ3n) is 1.57. The maximum absolute atomic E-state index is 10.2. The van der Waals surface area contributed by atoms with E-state index in [0.29, 0.717) is 6.54 Å². The van der Waals surface area contributed by atoms with Crippen LogP contribution < -0.4 is 11.1 Å². The molecule has 0 fully saturated rings. The van der Waals surface area contributed by atoms with E-state index in [9.17, 15) is 4.79 Å². The van der Waals surface area contributed by atoms with Crippen molar-refractivity contribution in [1.82, 2.24) is 5.32 Å². The number of hydrogen-bond donors (Lipinski definition) is 2. The summed E-state index contributed by atoms with van der Waals surface area (Å²) >= 11 is 0. The summed E-state index contributed by atoms with van der Waals surface area (Å²) < 4.78 is 4.90. The van der Waals surface area contributed by atoms with Crippen LogP contribution in [0.5, 0.6) is 0 Å². The molecule has 72 valence electrons. The Bertz CT molecular complexity index is 118. The molecule has 0 radical (unpaired) electrons. The second-order valence-corrected chi connectivity index (χ2v) is 2.70. The van der Waals surface area contributed by atoms with Gasteiger partial charge in [-0.1, -0.05) is 12.8 Å². The molecule has 4 nitrogen and oxygen atoms in total. The van der Waals surface area contributed by atoms with Crippen molar-refractivity contribution in [3.05, 3.63) is 0 Å². The summed E-state index contributed by atoms with van der Waals surface area (Å²) in [7, 11) is 1.70. The van der Waals surface area contributed by atoms with Crippen molar-refractivity contribution in [2.24, 2.45) is 5.73 Å². The Morgan fingerprint density at radius 1 is 1.33 bits per heavy atom. The highest BCUT2D eigenvalue weighted by atomic mass is 16.5. The van der Waals surface area contributed by atoms with Crippen molar-refractivity contribution >= 4 is 6.03 Å². The van der Waals surface area contributed by atoms with E-state index < -0.39 is 6.03 Å². The molecule has 0 aromatic rings. The highest BCUT2D eigenvalue weighted by Crippen LogP contribution is 1.98. The van der Waals surface area contributed by atoms with Crippen LogP contribution in [0.2, 0.25) is 0 Å². The standard InChI is InChI=1S/C8H18N2O2/c1-12-7-5-3-2-4-6-10-8(9)11/h2-7H2,1H3,(H3,9,10,11). The maximum Gasteiger partial charge on any atom is 0.312 e. The van der Waals surface area contributed by atoms with Gasteiger partial charge in [-0.15, -0.1) is 0 Å². The van der Waals surface area contributed by atoms with Gasteiger partial charge in [0.2, 0.25) is 0 Å². The summed E-state index contributed by atoms with van der Waals surface area (Å²) in [5, 5.41) is 2.54. The molecule has 3 N–H and O–H groups in total. The van der Waals surface area contributed by atoms with Gasteiger partial charge in [-0.05, 0) is 12.8 Å². The summed E-state index contributed by atoms with van der Waals surface area (Å²) in [6.45, 7) is 1.51. The SMILES string of the molecule is COCCCCCCNC(N)=O. The third-order valence-corrected chi connectivity index (χ3v) is 1.57. The van der Waals surface area contributed by atoms with Crippen molar-refractivity contribution in [3.8, 4) is 0 Å².